The molecule has 90 valence electrons. The van der Waals surface area contributed by atoms with Crippen LogP contribution in [-0.4, -0.2) is 9.38 Å². The number of nitrogens with zero attached hydrogens (tertiary/aromatic N) is 2. The third-order valence-corrected chi connectivity index (χ3v) is 3.27. The first-order chi connectivity index (χ1) is 8.63. The maximum absolute atomic E-state index is 6.13. The van der Waals surface area contributed by atoms with Crippen LogP contribution < -0.4 is 0 Å². The van der Waals surface area contributed by atoms with Crippen molar-refractivity contribution in [1.29, 1.82) is 0 Å². The van der Waals surface area contributed by atoms with Gasteiger partial charge in [-0.05, 0) is 19.1 Å². The largest absolute Gasteiger partial charge is 0.304 e. The molecule has 3 rings (SSSR count). The number of hydrogen-bond acceptors (Lipinski definition) is 1. The van der Waals surface area contributed by atoms with E-state index in [1.807, 2.05) is 22.7 Å². The predicted molar refractivity (Wildman–Crippen MR) is 75.4 cm³/mol. The van der Waals surface area contributed by atoms with E-state index in [-0.39, 0.29) is 0 Å². The molecule has 2 nitrogen and oxygen atoms in total. The number of rotatable bonds is 1. The van der Waals surface area contributed by atoms with E-state index in [1.54, 1.807) is 12.3 Å². The minimum Gasteiger partial charge on any atom is -0.304 e. The number of benzene rings is 1. The molecule has 0 aliphatic heterocycles. The molecule has 3 aromatic rings. The normalized spacial score (nSPS) is 11.1. The lowest BCUT2D eigenvalue weighted by molar-refractivity contribution is 1.19. The molecular formula is C14H10Cl2N2. The molecule has 0 spiro atoms. The third kappa shape index (κ3) is 1.98. The molecule has 0 aliphatic rings. The van der Waals surface area contributed by atoms with Crippen LogP contribution in [0.15, 0.2) is 42.7 Å². The van der Waals surface area contributed by atoms with Gasteiger partial charge in [0.25, 0.3) is 0 Å². The van der Waals surface area contributed by atoms with E-state index in [0.29, 0.717) is 10.0 Å². The van der Waals surface area contributed by atoms with Gasteiger partial charge in [0.05, 0.1) is 15.7 Å². The standard InChI is InChI=1S/C14H10Cl2N2/c1-9-3-2-4-10(5-9)13-8-18-7-11(15)6-12(16)14(18)17-13/h2-8H,1H3. The number of hydrogen-bond donors (Lipinski definition) is 0. The van der Waals surface area contributed by atoms with E-state index in [2.05, 4.69) is 24.0 Å². The van der Waals surface area contributed by atoms with Crippen LogP contribution in [0.3, 0.4) is 0 Å². The van der Waals surface area contributed by atoms with Crippen LogP contribution in [0.4, 0.5) is 0 Å². The predicted octanol–water partition coefficient (Wildman–Crippen LogP) is 4.62. The van der Waals surface area contributed by atoms with Gasteiger partial charge in [0.2, 0.25) is 0 Å². The summed E-state index contributed by atoms with van der Waals surface area (Å²) in [7, 11) is 0. The number of aromatic nitrogens is 2. The van der Waals surface area contributed by atoms with Gasteiger partial charge in [-0.25, -0.2) is 4.98 Å². The number of imidazole rings is 1. The van der Waals surface area contributed by atoms with Gasteiger partial charge in [-0.1, -0.05) is 47.0 Å². The molecule has 1 aromatic carbocycles. The maximum Gasteiger partial charge on any atom is 0.156 e. The minimum absolute atomic E-state index is 0.557. The Hall–Kier alpha value is -1.51. The molecule has 4 heteroatoms. The van der Waals surface area contributed by atoms with Crippen molar-refractivity contribution in [3.05, 3.63) is 58.3 Å². The highest BCUT2D eigenvalue weighted by Crippen LogP contribution is 2.26. The minimum atomic E-state index is 0.557. The van der Waals surface area contributed by atoms with Gasteiger partial charge in [0.15, 0.2) is 5.65 Å². The Morgan fingerprint density at radius 2 is 1.94 bits per heavy atom. The SMILES string of the molecule is Cc1cccc(-c2cn3cc(Cl)cc(Cl)c3n2)c1. The quantitative estimate of drug-likeness (QED) is 0.634. The average Bonchev–Trinajstić information content (AvgIpc) is 2.73. The van der Waals surface area contributed by atoms with Crippen molar-refractivity contribution in [3.63, 3.8) is 0 Å². The molecule has 2 heterocycles. The fourth-order valence-electron chi connectivity index (χ4n) is 1.97. The number of aryl methyl sites for hydroxylation is 1. The molecule has 0 bridgehead atoms. The topological polar surface area (TPSA) is 17.3 Å². The highest BCUT2D eigenvalue weighted by molar-refractivity contribution is 6.36. The Kier molecular flexibility index (Phi) is 2.77. The smallest absolute Gasteiger partial charge is 0.156 e. The summed E-state index contributed by atoms with van der Waals surface area (Å²) >= 11 is 12.1. The van der Waals surface area contributed by atoms with E-state index < -0.39 is 0 Å². The van der Waals surface area contributed by atoms with Crippen LogP contribution in [0.2, 0.25) is 10.0 Å². The van der Waals surface area contributed by atoms with Crippen molar-refractivity contribution >= 4 is 28.8 Å². The van der Waals surface area contributed by atoms with Gasteiger partial charge in [-0.2, -0.15) is 0 Å². The van der Waals surface area contributed by atoms with Gasteiger partial charge >= 0.3 is 0 Å². The molecule has 0 radical (unpaired) electrons. The second kappa shape index (κ2) is 4.30. The summed E-state index contributed by atoms with van der Waals surface area (Å²) in [4.78, 5) is 4.54. The van der Waals surface area contributed by atoms with Gasteiger partial charge in [-0.3, -0.25) is 0 Å². The van der Waals surface area contributed by atoms with Crippen LogP contribution in [0.1, 0.15) is 5.56 Å². The summed E-state index contributed by atoms with van der Waals surface area (Å²) in [6.07, 6.45) is 3.73. The number of fused-ring (bicyclic) bond motifs is 1. The Morgan fingerprint density at radius 1 is 1.11 bits per heavy atom. The Morgan fingerprint density at radius 3 is 2.72 bits per heavy atom. The van der Waals surface area contributed by atoms with E-state index in [4.69, 9.17) is 23.2 Å². The number of halogens is 2. The fraction of sp³-hybridized carbons (Fsp3) is 0.0714. The van der Waals surface area contributed by atoms with Crippen LogP contribution >= 0.6 is 23.2 Å². The Bertz CT molecular complexity index is 732. The van der Waals surface area contributed by atoms with Gasteiger partial charge in [-0.15, -0.1) is 0 Å². The second-order valence-corrected chi connectivity index (χ2v) is 5.08. The van der Waals surface area contributed by atoms with Crippen molar-refractivity contribution < 1.29 is 0 Å². The molecule has 0 aliphatic carbocycles. The highest BCUT2D eigenvalue weighted by atomic mass is 35.5. The third-order valence-electron chi connectivity index (χ3n) is 2.79. The molecular weight excluding hydrogens is 267 g/mol. The first-order valence-corrected chi connectivity index (χ1v) is 6.30. The number of pyridine rings is 1. The first-order valence-electron chi connectivity index (χ1n) is 5.54. The zero-order chi connectivity index (χ0) is 12.7. The van der Waals surface area contributed by atoms with Crippen molar-refractivity contribution in [2.24, 2.45) is 0 Å². The van der Waals surface area contributed by atoms with Crippen LogP contribution in [0.25, 0.3) is 16.9 Å². The van der Waals surface area contributed by atoms with Crippen molar-refractivity contribution in [2.75, 3.05) is 0 Å². The lowest BCUT2D eigenvalue weighted by atomic mass is 10.1. The molecule has 0 saturated heterocycles. The molecule has 0 unspecified atom stereocenters. The molecule has 0 saturated carbocycles. The zero-order valence-electron chi connectivity index (χ0n) is 9.69. The Balaban J connectivity index is 2.22. The summed E-state index contributed by atoms with van der Waals surface area (Å²) in [5.41, 5.74) is 3.89. The molecule has 2 aromatic heterocycles. The van der Waals surface area contributed by atoms with Crippen LogP contribution in [0, 0.1) is 6.92 Å². The molecule has 0 N–H and O–H groups in total. The molecule has 0 atom stereocenters. The average molecular weight is 277 g/mol. The van der Waals surface area contributed by atoms with E-state index in [0.717, 1.165) is 16.9 Å². The monoisotopic (exact) mass is 276 g/mol. The first kappa shape index (κ1) is 11.6. The summed E-state index contributed by atoms with van der Waals surface area (Å²) in [6.45, 7) is 2.06. The van der Waals surface area contributed by atoms with E-state index in [9.17, 15) is 0 Å². The lowest BCUT2D eigenvalue weighted by Crippen LogP contribution is -1.82. The van der Waals surface area contributed by atoms with E-state index >= 15 is 0 Å². The summed E-state index contributed by atoms with van der Waals surface area (Å²) < 4.78 is 1.85. The van der Waals surface area contributed by atoms with Gasteiger partial charge in [0.1, 0.15) is 0 Å². The van der Waals surface area contributed by atoms with Crippen molar-refractivity contribution in [1.82, 2.24) is 9.38 Å². The van der Waals surface area contributed by atoms with Crippen molar-refractivity contribution in [3.8, 4) is 11.3 Å². The fourth-order valence-corrected chi connectivity index (χ4v) is 2.50. The second-order valence-electron chi connectivity index (χ2n) is 4.23. The molecule has 0 fully saturated rings. The summed E-state index contributed by atoms with van der Waals surface area (Å²) in [6, 6.07) is 9.90. The van der Waals surface area contributed by atoms with Crippen LogP contribution in [0.5, 0.6) is 0 Å². The molecule has 0 amide bonds. The van der Waals surface area contributed by atoms with E-state index in [1.165, 1.54) is 5.56 Å². The van der Waals surface area contributed by atoms with Crippen LogP contribution in [-0.2, 0) is 0 Å². The lowest BCUT2D eigenvalue weighted by Gasteiger charge is -1.96. The summed E-state index contributed by atoms with van der Waals surface area (Å²) in [5, 5.41) is 1.15. The highest BCUT2D eigenvalue weighted by Gasteiger charge is 2.08. The maximum atomic E-state index is 6.13. The zero-order valence-corrected chi connectivity index (χ0v) is 11.2. The summed E-state index contributed by atoms with van der Waals surface area (Å²) in [5.74, 6) is 0. The van der Waals surface area contributed by atoms with Gasteiger partial charge < -0.3 is 4.40 Å². The van der Waals surface area contributed by atoms with Gasteiger partial charge in [0, 0.05) is 18.0 Å². The Labute approximate surface area is 115 Å². The molecule has 18 heavy (non-hydrogen) atoms. The van der Waals surface area contributed by atoms with Crippen molar-refractivity contribution in [2.45, 2.75) is 6.92 Å².